The first-order chi connectivity index (χ1) is 13.6. The van der Waals surface area contributed by atoms with Crippen LogP contribution in [0, 0.1) is 0 Å². The van der Waals surface area contributed by atoms with Gasteiger partial charge in [-0.15, -0.1) is 0 Å². The fourth-order valence-corrected chi connectivity index (χ4v) is 2.58. The number of hydrogen-bond donors (Lipinski definition) is 2. The van der Waals surface area contributed by atoms with Crippen LogP contribution in [0.5, 0.6) is 0 Å². The lowest BCUT2D eigenvalue weighted by Crippen LogP contribution is -2.16. The fraction of sp³-hybridized carbons (Fsp3) is 0.158. The molecule has 0 atom stereocenters. The predicted octanol–water partition coefficient (Wildman–Crippen LogP) is 5.37. The predicted molar refractivity (Wildman–Crippen MR) is 97.3 cm³/mol. The summed E-state index contributed by atoms with van der Waals surface area (Å²) in [5, 5.41) is 9.00. The highest BCUT2D eigenvalue weighted by Crippen LogP contribution is 2.31. The van der Waals surface area contributed by atoms with Gasteiger partial charge in [-0.05, 0) is 36.4 Å². The molecule has 5 nitrogen and oxygen atoms in total. The largest absolute Gasteiger partial charge is 0.416 e. The van der Waals surface area contributed by atoms with Gasteiger partial charge in [0.15, 0.2) is 0 Å². The molecule has 1 aromatic heterocycles. The van der Waals surface area contributed by atoms with Gasteiger partial charge in [0.05, 0.1) is 16.8 Å². The maximum Gasteiger partial charge on any atom is 0.416 e. The molecule has 0 spiro atoms. The molecule has 0 aliphatic heterocycles. The van der Waals surface area contributed by atoms with E-state index in [-0.39, 0.29) is 11.4 Å². The van der Waals surface area contributed by atoms with E-state index in [0.717, 1.165) is 22.9 Å². The molecule has 0 radical (unpaired) electrons. The Bertz CT molecular complexity index is 1010. The van der Waals surface area contributed by atoms with Crippen LogP contribution in [0.25, 0.3) is 0 Å². The number of carbonyl (C=O) groups is 1. The summed E-state index contributed by atoms with van der Waals surface area (Å²) in [6.45, 7) is 0. The molecule has 10 heteroatoms. The van der Waals surface area contributed by atoms with Gasteiger partial charge in [-0.1, -0.05) is 12.1 Å². The van der Waals surface area contributed by atoms with E-state index in [4.69, 9.17) is 0 Å². The van der Waals surface area contributed by atoms with Crippen LogP contribution in [0.2, 0.25) is 0 Å². The monoisotopic (exact) mass is 410 g/mol. The number of benzene rings is 2. The minimum atomic E-state index is -4.45. The van der Waals surface area contributed by atoms with Gasteiger partial charge in [-0.2, -0.15) is 18.3 Å². The molecule has 0 saturated heterocycles. The normalized spacial score (nSPS) is 11.6. The molecule has 29 heavy (non-hydrogen) atoms. The number of amides is 1. The van der Waals surface area contributed by atoms with Gasteiger partial charge in [0.2, 0.25) is 0 Å². The average Bonchev–Trinajstić information content (AvgIpc) is 3.03. The molecular weight excluding hydrogens is 395 g/mol. The Morgan fingerprint density at radius 2 is 1.72 bits per heavy atom. The van der Waals surface area contributed by atoms with Crippen LogP contribution in [0.3, 0.4) is 0 Å². The molecule has 2 N–H and O–H groups in total. The molecule has 152 valence electrons. The number of aryl methyl sites for hydroxylation is 1. The molecule has 1 heterocycles. The first kappa shape index (κ1) is 20.3. The van der Waals surface area contributed by atoms with Crippen molar-refractivity contribution < 1.29 is 26.7 Å². The number of aromatic nitrogens is 2. The second-order valence-electron chi connectivity index (χ2n) is 6.08. The number of nitrogens with one attached hydrogen (secondary N) is 2. The molecule has 3 rings (SSSR count). The standard InChI is InChI=1S/C19H15F5N4O/c1-28-16(10-15(27-28)17(20)21)26-18(29)13-4-2-3-5-14(13)25-12-8-6-11(7-9-12)19(22,23)24/h2-10,17,25H,1H3,(H,26,29). The number of rotatable bonds is 5. The second-order valence-corrected chi connectivity index (χ2v) is 6.08. The highest BCUT2D eigenvalue weighted by molar-refractivity contribution is 6.08. The summed E-state index contributed by atoms with van der Waals surface area (Å²) in [6, 6.07) is 11.7. The van der Waals surface area contributed by atoms with E-state index in [2.05, 4.69) is 15.7 Å². The molecule has 0 unspecified atom stereocenters. The van der Waals surface area contributed by atoms with Gasteiger partial charge in [0.25, 0.3) is 12.3 Å². The number of hydrogen-bond acceptors (Lipinski definition) is 3. The third kappa shape index (κ3) is 4.71. The van der Waals surface area contributed by atoms with Crippen molar-refractivity contribution in [1.82, 2.24) is 9.78 Å². The van der Waals surface area contributed by atoms with E-state index in [1.165, 1.54) is 25.2 Å². The van der Waals surface area contributed by atoms with E-state index in [0.29, 0.717) is 11.4 Å². The Labute approximate surface area is 162 Å². The SMILES string of the molecule is Cn1nc(C(F)F)cc1NC(=O)c1ccccc1Nc1ccc(C(F)(F)F)cc1. The summed E-state index contributed by atoms with van der Waals surface area (Å²) in [5.41, 5.74) is -0.411. The highest BCUT2D eigenvalue weighted by Gasteiger charge is 2.30. The van der Waals surface area contributed by atoms with Crippen LogP contribution >= 0.6 is 0 Å². The number of nitrogens with zero attached hydrogens (tertiary/aromatic N) is 2. The zero-order chi connectivity index (χ0) is 21.2. The van der Waals surface area contributed by atoms with Crippen molar-refractivity contribution in [1.29, 1.82) is 0 Å². The first-order valence-corrected chi connectivity index (χ1v) is 8.32. The van der Waals surface area contributed by atoms with Crippen LogP contribution in [0.1, 0.15) is 28.0 Å². The van der Waals surface area contributed by atoms with E-state index < -0.39 is 29.8 Å². The first-order valence-electron chi connectivity index (χ1n) is 8.32. The summed E-state index contributed by atoms with van der Waals surface area (Å²) < 4.78 is 64.7. The number of halogens is 5. The van der Waals surface area contributed by atoms with E-state index in [9.17, 15) is 26.7 Å². The van der Waals surface area contributed by atoms with Crippen molar-refractivity contribution in [2.75, 3.05) is 10.6 Å². The van der Waals surface area contributed by atoms with Gasteiger partial charge < -0.3 is 10.6 Å². The third-order valence-electron chi connectivity index (χ3n) is 4.03. The quantitative estimate of drug-likeness (QED) is 0.556. The van der Waals surface area contributed by atoms with Crippen LogP contribution in [0.4, 0.5) is 39.1 Å². The van der Waals surface area contributed by atoms with Crippen molar-refractivity contribution in [3.05, 3.63) is 71.4 Å². The lowest BCUT2D eigenvalue weighted by molar-refractivity contribution is -0.137. The van der Waals surface area contributed by atoms with Crippen LogP contribution in [-0.2, 0) is 13.2 Å². The van der Waals surface area contributed by atoms with Gasteiger partial charge in [-0.3, -0.25) is 9.48 Å². The van der Waals surface area contributed by atoms with Gasteiger partial charge in [0.1, 0.15) is 11.5 Å². The lowest BCUT2D eigenvalue weighted by atomic mass is 10.1. The third-order valence-corrected chi connectivity index (χ3v) is 4.03. The fourth-order valence-electron chi connectivity index (χ4n) is 2.58. The van der Waals surface area contributed by atoms with Crippen LogP contribution in [0.15, 0.2) is 54.6 Å². The summed E-state index contributed by atoms with van der Waals surface area (Å²) in [6.07, 6.45) is -7.23. The Balaban J connectivity index is 1.81. The topological polar surface area (TPSA) is 59.0 Å². The van der Waals surface area contributed by atoms with E-state index >= 15 is 0 Å². The summed E-state index contributed by atoms with van der Waals surface area (Å²) >= 11 is 0. The van der Waals surface area contributed by atoms with Crippen molar-refractivity contribution in [3.63, 3.8) is 0 Å². The average molecular weight is 410 g/mol. The number of para-hydroxylation sites is 1. The molecule has 3 aromatic rings. The van der Waals surface area contributed by atoms with Gasteiger partial charge >= 0.3 is 6.18 Å². The van der Waals surface area contributed by atoms with E-state index in [1.807, 2.05) is 0 Å². The smallest absolute Gasteiger partial charge is 0.355 e. The number of anilines is 3. The Kier molecular flexibility index (Phi) is 5.53. The van der Waals surface area contributed by atoms with Gasteiger partial charge in [-0.25, -0.2) is 8.78 Å². The summed E-state index contributed by atoms with van der Waals surface area (Å²) in [7, 11) is 1.41. The van der Waals surface area contributed by atoms with Crippen LogP contribution < -0.4 is 10.6 Å². The lowest BCUT2D eigenvalue weighted by Gasteiger charge is -2.13. The molecular formula is C19H15F5N4O. The Hall–Kier alpha value is -3.43. The molecule has 0 fully saturated rings. The molecule has 0 aliphatic carbocycles. The molecule has 0 saturated carbocycles. The number of alkyl halides is 5. The zero-order valence-electron chi connectivity index (χ0n) is 15.0. The minimum absolute atomic E-state index is 0.0784. The maximum absolute atomic E-state index is 12.8. The zero-order valence-corrected chi connectivity index (χ0v) is 15.0. The molecule has 0 bridgehead atoms. The van der Waals surface area contributed by atoms with Gasteiger partial charge in [0, 0.05) is 18.8 Å². The maximum atomic E-state index is 12.8. The summed E-state index contributed by atoms with van der Waals surface area (Å²) in [4.78, 5) is 12.6. The molecule has 2 aromatic carbocycles. The summed E-state index contributed by atoms with van der Waals surface area (Å²) in [5.74, 6) is -0.515. The second kappa shape index (κ2) is 7.90. The molecule has 1 amide bonds. The Morgan fingerprint density at radius 1 is 1.07 bits per heavy atom. The van der Waals surface area contributed by atoms with Crippen molar-refractivity contribution >= 4 is 23.1 Å². The minimum Gasteiger partial charge on any atom is -0.355 e. The van der Waals surface area contributed by atoms with E-state index in [1.54, 1.807) is 18.2 Å². The highest BCUT2D eigenvalue weighted by atomic mass is 19.4. The van der Waals surface area contributed by atoms with Crippen molar-refractivity contribution in [2.24, 2.45) is 7.05 Å². The van der Waals surface area contributed by atoms with Crippen molar-refractivity contribution in [3.8, 4) is 0 Å². The van der Waals surface area contributed by atoms with Crippen molar-refractivity contribution in [2.45, 2.75) is 12.6 Å². The van der Waals surface area contributed by atoms with Crippen LogP contribution in [-0.4, -0.2) is 15.7 Å². The molecule has 0 aliphatic rings. The number of carbonyl (C=O) groups excluding carboxylic acids is 1. The Morgan fingerprint density at radius 3 is 2.31 bits per heavy atom.